The zero-order valence-electron chi connectivity index (χ0n) is 8.73. The number of rotatable bonds is 3. The van der Waals surface area contributed by atoms with Crippen LogP contribution in [0.25, 0.3) is 11.5 Å². The highest BCUT2D eigenvalue weighted by Gasteiger charge is 2.16. The van der Waals surface area contributed by atoms with Gasteiger partial charge in [0, 0.05) is 22.6 Å². The molecule has 0 atom stereocenters. The van der Waals surface area contributed by atoms with Gasteiger partial charge in [-0.1, -0.05) is 6.07 Å². The van der Waals surface area contributed by atoms with Crippen LogP contribution in [0.1, 0.15) is 0 Å². The Morgan fingerprint density at radius 2 is 2.00 bits per heavy atom. The maximum absolute atomic E-state index is 5.34. The summed E-state index contributed by atoms with van der Waals surface area (Å²) in [6.45, 7) is 0. The fourth-order valence-corrected chi connectivity index (χ4v) is 1.69. The van der Waals surface area contributed by atoms with Crippen LogP contribution in [0, 0.1) is 3.90 Å². The molecule has 0 aliphatic rings. The summed E-state index contributed by atoms with van der Waals surface area (Å²) in [5.41, 5.74) is 0.720. The van der Waals surface area contributed by atoms with E-state index in [1.807, 2.05) is 40.8 Å². The van der Waals surface area contributed by atoms with Crippen molar-refractivity contribution < 1.29 is 13.9 Å². The van der Waals surface area contributed by atoms with Gasteiger partial charge in [0.05, 0.1) is 19.8 Å². The van der Waals surface area contributed by atoms with E-state index >= 15 is 0 Å². The Balaban J connectivity index is 2.56. The number of methoxy groups -OCH3 is 2. The summed E-state index contributed by atoms with van der Waals surface area (Å²) in [6, 6.07) is 5.49. The van der Waals surface area contributed by atoms with Gasteiger partial charge in [-0.3, -0.25) is 0 Å². The average molecular weight is 332 g/mol. The molecule has 0 saturated heterocycles. The zero-order chi connectivity index (χ0) is 11.5. The van der Waals surface area contributed by atoms with Gasteiger partial charge in [0.1, 0.15) is 0 Å². The fourth-order valence-electron chi connectivity index (χ4n) is 1.37. The van der Waals surface area contributed by atoms with Gasteiger partial charge >= 0.3 is 0 Å². The van der Waals surface area contributed by atoms with E-state index < -0.39 is 0 Å². The van der Waals surface area contributed by atoms with Gasteiger partial charge in [0.25, 0.3) is 9.79 Å². The lowest BCUT2D eigenvalue weighted by molar-refractivity contribution is 0.355. The molecule has 0 bridgehead atoms. The van der Waals surface area contributed by atoms with Crippen LogP contribution in [-0.4, -0.2) is 24.4 Å². The van der Waals surface area contributed by atoms with Crippen molar-refractivity contribution in [2.75, 3.05) is 14.2 Å². The van der Waals surface area contributed by atoms with Gasteiger partial charge in [-0.15, -0.1) is 10.2 Å². The molecule has 0 fully saturated rings. The molecule has 2 rings (SSSR count). The van der Waals surface area contributed by atoms with E-state index in [0.717, 1.165) is 5.56 Å². The van der Waals surface area contributed by atoms with Gasteiger partial charge in [0.15, 0.2) is 11.5 Å². The largest absolute Gasteiger partial charge is 0.493 e. The highest BCUT2D eigenvalue weighted by molar-refractivity contribution is 14.1. The van der Waals surface area contributed by atoms with E-state index in [4.69, 9.17) is 13.9 Å². The molecule has 1 aromatic heterocycles. The summed E-state index contributed by atoms with van der Waals surface area (Å²) in [5.74, 6) is 1.64. The molecule has 0 aliphatic carbocycles. The van der Waals surface area contributed by atoms with Crippen molar-refractivity contribution in [1.29, 1.82) is 0 Å². The van der Waals surface area contributed by atoms with Gasteiger partial charge in [-0.2, -0.15) is 0 Å². The smallest absolute Gasteiger partial charge is 0.278 e. The quantitative estimate of drug-likeness (QED) is 0.808. The summed E-state index contributed by atoms with van der Waals surface area (Å²) in [4.78, 5) is 0. The number of benzene rings is 1. The molecule has 5 nitrogen and oxygen atoms in total. The molecule has 16 heavy (non-hydrogen) atoms. The van der Waals surface area contributed by atoms with Gasteiger partial charge in [-0.25, -0.2) is 0 Å². The lowest BCUT2D eigenvalue weighted by Gasteiger charge is -2.09. The third kappa shape index (κ3) is 1.97. The molecule has 6 heteroatoms. The highest BCUT2D eigenvalue weighted by atomic mass is 127. The van der Waals surface area contributed by atoms with E-state index in [1.54, 1.807) is 14.2 Å². The number of para-hydroxylation sites is 1. The predicted octanol–water partition coefficient (Wildman–Crippen LogP) is 2.36. The third-order valence-electron chi connectivity index (χ3n) is 2.03. The summed E-state index contributed by atoms with van der Waals surface area (Å²) in [7, 11) is 3.15. The SMILES string of the molecule is COc1cccc(-c2nnc(I)o2)c1OC. The monoisotopic (exact) mass is 332 g/mol. The molecular weight excluding hydrogens is 323 g/mol. The van der Waals surface area contributed by atoms with Crippen LogP contribution in [0.3, 0.4) is 0 Å². The number of nitrogens with zero attached hydrogens (tertiary/aromatic N) is 2. The van der Waals surface area contributed by atoms with E-state index in [2.05, 4.69) is 10.2 Å². The first-order chi connectivity index (χ1) is 7.76. The first-order valence-corrected chi connectivity index (χ1v) is 5.54. The third-order valence-corrected chi connectivity index (χ3v) is 2.47. The summed E-state index contributed by atoms with van der Waals surface area (Å²) >= 11 is 1.96. The summed E-state index contributed by atoms with van der Waals surface area (Å²) in [6.07, 6.45) is 0. The van der Waals surface area contributed by atoms with Crippen LogP contribution in [0.4, 0.5) is 0 Å². The van der Waals surface area contributed by atoms with Crippen molar-refractivity contribution in [2.45, 2.75) is 0 Å². The highest BCUT2D eigenvalue weighted by Crippen LogP contribution is 2.36. The first kappa shape index (κ1) is 11.2. The molecule has 84 valence electrons. The second kappa shape index (κ2) is 4.69. The number of hydrogen-bond acceptors (Lipinski definition) is 5. The Morgan fingerprint density at radius 1 is 1.19 bits per heavy atom. The fraction of sp³-hybridized carbons (Fsp3) is 0.200. The Hall–Kier alpha value is -1.31. The lowest BCUT2D eigenvalue weighted by Crippen LogP contribution is -1.93. The van der Waals surface area contributed by atoms with Crippen LogP contribution < -0.4 is 9.47 Å². The first-order valence-electron chi connectivity index (χ1n) is 4.46. The Labute approximate surface area is 106 Å². The number of ether oxygens (including phenoxy) is 2. The van der Waals surface area contributed by atoms with E-state index in [1.165, 1.54) is 0 Å². The predicted molar refractivity (Wildman–Crippen MR) is 65.6 cm³/mol. The molecule has 2 aromatic rings. The summed E-state index contributed by atoms with van der Waals surface area (Å²) < 4.78 is 16.3. The van der Waals surface area contributed by atoms with Gasteiger partial charge < -0.3 is 13.9 Å². The second-order valence-corrected chi connectivity index (χ2v) is 3.82. The molecule has 0 spiro atoms. The lowest BCUT2D eigenvalue weighted by atomic mass is 10.2. The zero-order valence-corrected chi connectivity index (χ0v) is 10.9. The minimum atomic E-state index is 0.417. The minimum absolute atomic E-state index is 0.417. The molecule has 0 unspecified atom stereocenters. The van der Waals surface area contributed by atoms with Crippen molar-refractivity contribution in [3.05, 3.63) is 22.1 Å². The van der Waals surface area contributed by atoms with E-state index in [0.29, 0.717) is 21.3 Å². The van der Waals surface area contributed by atoms with Crippen LogP contribution >= 0.6 is 22.6 Å². The van der Waals surface area contributed by atoms with Crippen LogP contribution in [0.5, 0.6) is 11.5 Å². The van der Waals surface area contributed by atoms with Crippen molar-refractivity contribution >= 4 is 22.6 Å². The molecule has 0 aliphatic heterocycles. The van der Waals surface area contributed by atoms with E-state index in [-0.39, 0.29) is 0 Å². The maximum Gasteiger partial charge on any atom is 0.278 e. The van der Waals surface area contributed by atoms with Crippen LogP contribution in [0.2, 0.25) is 0 Å². The second-order valence-electron chi connectivity index (χ2n) is 2.90. The molecule has 0 N–H and O–H groups in total. The normalized spacial score (nSPS) is 10.2. The standard InChI is InChI=1S/C10H9IN2O3/c1-14-7-5-3-4-6(8(7)15-2)9-12-13-10(11)16-9/h3-5H,1-2H3. The van der Waals surface area contributed by atoms with Gasteiger partial charge in [0.2, 0.25) is 0 Å². The average Bonchev–Trinajstić information content (AvgIpc) is 2.74. The molecule has 0 amide bonds. The molecule has 1 aromatic carbocycles. The number of aromatic nitrogens is 2. The van der Waals surface area contributed by atoms with Crippen molar-refractivity contribution in [3.8, 4) is 23.0 Å². The van der Waals surface area contributed by atoms with E-state index in [9.17, 15) is 0 Å². The van der Waals surface area contributed by atoms with Crippen LogP contribution in [-0.2, 0) is 0 Å². The van der Waals surface area contributed by atoms with Gasteiger partial charge in [-0.05, 0) is 12.1 Å². The number of halogens is 1. The van der Waals surface area contributed by atoms with Crippen molar-refractivity contribution in [1.82, 2.24) is 10.2 Å². The summed E-state index contributed by atoms with van der Waals surface area (Å²) in [5, 5.41) is 7.71. The topological polar surface area (TPSA) is 57.4 Å². The Kier molecular flexibility index (Phi) is 3.28. The van der Waals surface area contributed by atoms with Crippen molar-refractivity contribution in [2.24, 2.45) is 0 Å². The van der Waals surface area contributed by atoms with Crippen molar-refractivity contribution in [3.63, 3.8) is 0 Å². The van der Waals surface area contributed by atoms with Crippen LogP contribution in [0.15, 0.2) is 22.6 Å². The number of hydrogen-bond donors (Lipinski definition) is 0. The Morgan fingerprint density at radius 3 is 2.56 bits per heavy atom. The molecular formula is C10H9IN2O3. The maximum atomic E-state index is 5.34. The molecule has 0 radical (unpaired) electrons. The molecule has 0 saturated carbocycles. The minimum Gasteiger partial charge on any atom is -0.493 e. The molecule has 1 heterocycles. The Bertz CT molecular complexity index is 499.